The van der Waals surface area contributed by atoms with Crippen molar-refractivity contribution in [1.29, 1.82) is 0 Å². The van der Waals surface area contributed by atoms with Crippen molar-refractivity contribution in [3.8, 4) is 0 Å². The molecule has 2 fully saturated rings. The minimum Gasteiger partial charge on any atom is -0.378 e. The van der Waals surface area contributed by atoms with Gasteiger partial charge in [0.25, 0.3) is 0 Å². The van der Waals surface area contributed by atoms with Gasteiger partial charge in [0.2, 0.25) is 5.91 Å². The lowest BCUT2D eigenvalue weighted by molar-refractivity contribution is -0.121. The van der Waals surface area contributed by atoms with E-state index in [4.69, 9.17) is 9.72 Å². The zero-order chi connectivity index (χ0) is 27.9. The van der Waals surface area contributed by atoms with Crippen molar-refractivity contribution in [3.05, 3.63) is 59.2 Å². The van der Waals surface area contributed by atoms with Crippen LogP contribution in [0.1, 0.15) is 64.3 Å². The normalized spacial score (nSPS) is 28.3. The predicted molar refractivity (Wildman–Crippen MR) is 153 cm³/mol. The summed E-state index contributed by atoms with van der Waals surface area (Å²) in [6.45, 7) is 18.2. The number of morpholine rings is 1. The molecule has 4 heterocycles. The number of aromatic nitrogens is 1. The van der Waals surface area contributed by atoms with Gasteiger partial charge in [0.1, 0.15) is 5.82 Å². The number of piperazine rings is 1. The summed E-state index contributed by atoms with van der Waals surface area (Å²) in [6.07, 6.45) is 1.92. The largest absolute Gasteiger partial charge is 0.378 e. The molecule has 0 spiro atoms. The smallest absolute Gasteiger partial charge is 0.241 e. The Labute approximate surface area is 232 Å². The third-order valence-corrected chi connectivity index (χ3v) is 8.88. The number of pyridine rings is 1. The Morgan fingerprint density at radius 3 is 2.54 bits per heavy atom. The number of hydrogen-bond acceptors (Lipinski definition) is 6. The van der Waals surface area contributed by atoms with Gasteiger partial charge in [0, 0.05) is 67.9 Å². The summed E-state index contributed by atoms with van der Waals surface area (Å²) in [5.41, 5.74) is 3.70. The van der Waals surface area contributed by atoms with Crippen molar-refractivity contribution in [2.24, 2.45) is 0 Å². The van der Waals surface area contributed by atoms with Gasteiger partial charge in [-0.2, -0.15) is 0 Å². The van der Waals surface area contributed by atoms with Gasteiger partial charge < -0.3 is 15.0 Å². The lowest BCUT2D eigenvalue weighted by atomic mass is 9.89. The number of rotatable bonds is 6. The summed E-state index contributed by atoms with van der Waals surface area (Å²) >= 11 is 0. The molecule has 0 saturated carbocycles. The van der Waals surface area contributed by atoms with Crippen molar-refractivity contribution < 1.29 is 13.9 Å². The molecule has 212 valence electrons. The lowest BCUT2D eigenvalue weighted by Crippen LogP contribution is -2.63. The SMILES string of the molecule is C[C@@H](c1ccc(F)cc1)c1cnc2c(c1)N(C(=O)CN1C[C@@H](C)NC[C@@H]1CN1[C@H](C)COC[C@H]1C)CC2(C)C. The minimum atomic E-state index is -0.241. The zero-order valence-corrected chi connectivity index (χ0v) is 24.3. The van der Waals surface area contributed by atoms with Crippen LogP contribution in [0.25, 0.3) is 0 Å². The van der Waals surface area contributed by atoms with Gasteiger partial charge in [0.15, 0.2) is 0 Å². The molecule has 0 bridgehead atoms. The van der Waals surface area contributed by atoms with Gasteiger partial charge in [-0.1, -0.05) is 32.9 Å². The number of fused-ring (bicyclic) bond motifs is 1. The van der Waals surface area contributed by atoms with E-state index in [9.17, 15) is 9.18 Å². The second-order valence-corrected chi connectivity index (χ2v) is 12.6. The number of ether oxygens (including phenoxy) is 1. The highest BCUT2D eigenvalue weighted by Gasteiger charge is 2.41. The van der Waals surface area contributed by atoms with Crippen molar-refractivity contribution in [2.45, 2.75) is 77.0 Å². The second-order valence-electron chi connectivity index (χ2n) is 12.6. The summed E-state index contributed by atoms with van der Waals surface area (Å²) in [5.74, 6) is -0.0769. The third kappa shape index (κ3) is 5.89. The van der Waals surface area contributed by atoms with Crippen LogP contribution >= 0.6 is 0 Å². The summed E-state index contributed by atoms with van der Waals surface area (Å²) < 4.78 is 19.2. The average Bonchev–Trinajstić information content (AvgIpc) is 3.17. The van der Waals surface area contributed by atoms with Crippen molar-refractivity contribution >= 4 is 11.6 Å². The molecule has 8 heteroatoms. The van der Waals surface area contributed by atoms with Crippen LogP contribution in [0.4, 0.5) is 10.1 Å². The molecule has 2 saturated heterocycles. The van der Waals surface area contributed by atoms with Crippen molar-refractivity contribution in [3.63, 3.8) is 0 Å². The molecule has 5 atom stereocenters. The highest BCUT2D eigenvalue weighted by Crippen LogP contribution is 2.41. The van der Waals surface area contributed by atoms with Gasteiger partial charge in [-0.25, -0.2) is 4.39 Å². The van der Waals surface area contributed by atoms with Gasteiger partial charge in [-0.3, -0.25) is 19.6 Å². The number of amides is 1. The molecule has 1 aromatic carbocycles. The van der Waals surface area contributed by atoms with E-state index in [1.54, 1.807) is 0 Å². The van der Waals surface area contributed by atoms with Crippen LogP contribution in [0.3, 0.4) is 0 Å². The fourth-order valence-electron chi connectivity index (χ4n) is 6.46. The Morgan fingerprint density at radius 1 is 1.15 bits per heavy atom. The van der Waals surface area contributed by atoms with Crippen molar-refractivity contribution in [2.75, 3.05) is 50.8 Å². The summed E-state index contributed by atoms with van der Waals surface area (Å²) in [4.78, 5) is 25.7. The van der Waals surface area contributed by atoms with E-state index in [2.05, 4.69) is 62.7 Å². The maximum absolute atomic E-state index is 14.0. The van der Waals surface area contributed by atoms with E-state index >= 15 is 0 Å². The summed E-state index contributed by atoms with van der Waals surface area (Å²) in [5, 5.41) is 3.63. The number of carbonyl (C=O) groups is 1. The molecular weight excluding hydrogens is 493 g/mol. The highest BCUT2D eigenvalue weighted by atomic mass is 19.1. The Bertz CT molecular complexity index is 1160. The van der Waals surface area contributed by atoms with E-state index in [0.717, 1.165) is 55.4 Å². The standard InChI is InChI=1S/C31H44FN5O2/c1-20-14-35(27(13-33-20)15-36-21(2)17-39-18-22(36)3)16-29(38)37-19-31(5,6)30-28(37)11-25(12-34-30)23(4)24-7-9-26(32)10-8-24/h7-12,20-23,27,33H,13-19H2,1-6H3/t20-,21-,22-,23+,27-/m1/s1. The maximum atomic E-state index is 14.0. The van der Waals surface area contributed by atoms with Gasteiger partial charge in [-0.15, -0.1) is 0 Å². The molecule has 39 heavy (non-hydrogen) atoms. The number of benzene rings is 1. The first kappa shape index (κ1) is 28.1. The van der Waals surface area contributed by atoms with Crippen LogP contribution in [0.5, 0.6) is 0 Å². The minimum absolute atomic E-state index is 0.0416. The molecule has 3 aliphatic rings. The van der Waals surface area contributed by atoms with Crippen LogP contribution < -0.4 is 10.2 Å². The Hall–Kier alpha value is -2.39. The van der Waals surface area contributed by atoms with Crippen LogP contribution in [0, 0.1) is 5.82 Å². The quantitative estimate of drug-likeness (QED) is 0.606. The fourth-order valence-corrected chi connectivity index (χ4v) is 6.46. The molecule has 1 amide bonds. The van der Waals surface area contributed by atoms with Crippen molar-refractivity contribution in [1.82, 2.24) is 20.1 Å². The van der Waals surface area contributed by atoms with E-state index in [-0.39, 0.29) is 29.1 Å². The molecule has 3 aliphatic heterocycles. The first-order valence-corrected chi connectivity index (χ1v) is 14.4. The molecule has 1 N–H and O–H groups in total. The van der Waals surface area contributed by atoms with E-state index in [1.165, 1.54) is 12.1 Å². The second kappa shape index (κ2) is 11.2. The van der Waals surface area contributed by atoms with E-state index < -0.39 is 0 Å². The van der Waals surface area contributed by atoms with Crippen LogP contribution in [0.15, 0.2) is 36.5 Å². The zero-order valence-electron chi connectivity index (χ0n) is 24.3. The first-order chi connectivity index (χ1) is 18.5. The average molecular weight is 538 g/mol. The third-order valence-electron chi connectivity index (χ3n) is 8.88. The van der Waals surface area contributed by atoms with Gasteiger partial charge >= 0.3 is 0 Å². The van der Waals surface area contributed by atoms with E-state index in [0.29, 0.717) is 31.2 Å². The number of hydrogen-bond donors (Lipinski definition) is 1. The van der Waals surface area contributed by atoms with Crippen LogP contribution in [-0.4, -0.2) is 90.8 Å². The Kier molecular flexibility index (Phi) is 8.11. The van der Waals surface area contributed by atoms with Crippen LogP contribution in [-0.2, 0) is 14.9 Å². The number of nitrogens with zero attached hydrogens (tertiary/aromatic N) is 4. The summed E-state index contributed by atoms with van der Waals surface area (Å²) in [7, 11) is 0. The Morgan fingerprint density at radius 2 is 1.85 bits per heavy atom. The summed E-state index contributed by atoms with van der Waals surface area (Å²) in [6, 6.07) is 10.1. The monoisotopic (exact) mass is 537 g/mol. The maximum Gasteiger partial charge on any atom is 0.241 e. The number of anilines is 1. The molecule has 7 nitrogen and oxygen atoms in total. The van der Waals surface area contributed by atoms with Crippen LogP contribution in [0.2, 0.25) is 0 Å². The molecule has 0 radical (unpaired) electrons. The van der Waals surface area contributed by atoms with Gasteiger partial charge in [-0.05, 0) is 50.1 Å². The molecule has 2 aromatic rings. The highest BCUT2D eigenvalue weighted by molar-refractivity contribution is 5.97. The molecule has 0 unspecified atom stereocenters. The molecule has 5 rings (SSSR count). The molecular formula is C31H44FN5O2. The fraction of sp³-hybridized carbons (Fsp3) is 0.613. The number of halogens is 1. The number of carbonyl (C=O) groups excluding carboxylic acids is 1. The molecule has 0 aliphatic carbocycles. The van der Waals surface area contributed by atoms with Gasteiger partial charge in [0.05, 0.1) is 31.1 Å². The topological polar surface area (TPSA) is 60.9 Å². The Balaban J connectivity index is 1.36. The molecule has 1 aromatic heterocycles. The van der Waals surface area contributed by atoms with E-state index in [1.807, 2.05) is 23.2 Å². The number of nitrogens with one attached hydrogen (secondary N) is 1. The lowest BCUT2D eigenvalue weighted by Gasteiger charge is -2.46. The first-order valence-electron chi connectivity index (χ1n) is 14.4. The predicted octanol–water partition coefficient (Wildman–Crippen LogP) is 3.77.